The molecule has 4 nitrogen and oxygen atoms in total. The van der Waals surface area contributed by atoms with Crippen LogP contribution in [0, 0.1) is 6.92 Å². The quantitative estimate of drug-likeness (QED) is 0.431. The smallest absolute Gasteiger partial charge is 0.348 e. The van der Waals surface area contributed by atoms with Gasteiger partial charge in [-0.3, -0.25) is 4.79 Å². The summed E-state index contributed by atoms with van der Waals surface area (Å²) in [5.74, 6) is -0.402. The van der Waals surface area contributed by atoms with Gasteiger partial charge in [0.2, 0.25) is 0 Å². The molecule has 0 fully saturated rings. The number of rotatable bonds is 5. The monoisotopic (exact) mass is 435 g/mol. The number of benzene rings is 3. The summed E-state index contributed by atoms with van der Waals surface area (Å²) >= 11 is 0. The van der Waals surface area contributed by atoms with Gasteiger partial charge in [-0.2, -0.15) is 18.3 Å². The number of halogens is 3. The predicted molar refractivity (Wildman–Crippen MR) is 116 cm³/mol. The maximum atomic E-state index is 13.2. The van der Waals surface area contributed by atoms with Crippen LogP contribution in [-0.4, -0.2) is 15.7 Å². The zero-order valence-corrected chi connectivity index (χ0v) is 17.2. The summed E-state index contributed by atoms with van der Waals surface area (Å²) in [6, 6.07) is 23.7. The van der Waals surface area contributed by atoms with Crippen LogP contribution >= 0.6 is 0 Å². The number of alkyl halides is 3. The van der Waals surface area contributed by atoms with E-state index in [2.05, 4.69) is 10.4 Å². The molecule has 32 heavy (non-hydrogen) atoms. The van der Waals surface area contributed by atoms with Crippen molar-refractivity contribution < 1.29 is 18.0 Å². The van der Waals surface area contributed by atoms with Crippen molar-refractivity contribution >= 4 is 5.91 Å². The van der Waals surface area contributed by atoms with Crippen LogP contribution in [0.2, 0.25) is 0 Å². The Morgan fingerprint density at radius 3 is 2.25 bits per heavy atom. The fourth-order valence-electron chi connectivity index (χ4n) is 3.52. The van der Waals surface area contributed by atoms with Gasteiger partial charge >= 0.3 is 6.18 Å². The number of amides is 1. The van der Waals surface area contributed by atoms with Crippen LogP contribution < -0.4 is 5.32 Å². The summed E-state index contributed by atoms with van der Waals surface area (Å²) in [7, 11) is 0. The molecule has 162 valence electrons. The standard InChI is InChI=1S/C25H20F3N3O/c1-17-22(24(32)29-16-18-9-8-12-20(15-18)25(26,27)28)23(19-10-4-2-5-11-19)30-31(17)21-13-6-3-7-14-21/h2-15H,16H2,1H3,(H,29,32). The molecule has 3 aromatic carbocycles. The van der Waals surface area contributed by atoms with E-state index < -0.39 is 17.6 Å². The number of nitrogens with one attached hydrogen (secondary N) is 1. The van der Waals surface area contributed by atoms with Gasteiger partial charge in [0.15, 0.2) is 0 Å². The van der Waals surface area contributed by atoms with Crippen LogP contribution in [0.5, 0.6) is 0 Å². The van der Waals surface area contributed by atoms with Gasteiger partial charge in [-0.1, -0.05) is 60.7 Å². The molecule has 0 saturated heterocycles. The molecule has 4 aromatic rings. The number of para-hydroxylation sites is 1. The van der Waals surface area contributed by atoms with Crippen LogP contribution in [0.4, 0.5) is 13.2 Å². The van der Waals surface area contributed by atoms with Gasteiger partial charge in [0.05, 0.1) is 22.5 Å². The first-order valence-corrected chi connectivity index (χ1v) is 9.99. The highest BCUT2D eigenvalue weighted by Crippen LogP contribution is 2.30. The first kappa shape index (κ1) is 21.4. The Labute approximate surface area is 183 Å². The van der Waals surface area contributed by atoms with E-state index in [9.17, 15) is 18.0 Å². The second kappa shape index (κ2) is 8.70. The number of carbonyl (C=O) groups excluding carboxylic acids is 1. The Balaban J connectivity index is 1.68. The van der Waals surface area contributed by atoms with Crippen molar-refractivity contribution in [2.45, 2.75) is 19.6 Å². The average molecular weight is 435 g/mol. The van der Waals surface area contributed by atoms with Crippen molar-refractivity contribution in [1.82, 2.24) is 15.1 Å². The van der Waals surface area contributed by atoms with Gasteiger partial charge < -0.3 is 5.32 Å². The Kier molecular flexibility index (Phi) is 5.81. The molecule has 1 aromatic heterocycles. The van der Waals surface area contributed by atoms with E-state index in [-0.39, 0.29) is 6.54 Å². The molecule has 1 heterocycles. The third kappa shape index (κ3) is 4.42. The van der Waals surface area contributed by atoms with E-state index in [1.807, 2.05) is 60.7 Å². The summed E-state index contributed by atoms with van der Waals surface area (Å²) in [4.78, 5) is 13.2. The predicted octanol–water partition coefficient (Wildman–Crippen LogP) is 5.80. The van der Waals surface area contributed by atoms with Gasteiger partial charge in [0.1, 0.15) is 5.69 Å². The zero-order chi connectivity index (χ0) is 22.7. The van der Waals surface area contributed by atoms with Gasteiger partial charge in [0.25, 0.3) is 5.91 Å². The number of nitrogens with zero attached hydrogens (tertiary/aromatic N) is 2. The lowest BCUT2D eigenvalue weighted by molar-refractivity contribution is -0.137. The van der Waals surface area contributed by atoms with E-state index in [4.69, 9.17) is 0 Å². The number of carbonyl (C=O) groups is 1. The van der Waals surface area contributed by atoms with E-state index in [1.54, 1.807) is 17.7 Å². The molecule has 0 aliphatic heterocycles. The first-order valence-electron chi connectivity index (χ1n) is 9.99. The molecule has 0 saturated carbocycles. The van der Waals surface area contributed by atoms with Crippen molar-refractivity contribution in [3.8, 4) is 16.9 Å². The normalized spacial score (nSPS) is 11.4. The molecule has 1 N–H and O–H groups in total. The number of hydrogen-bond acceptors (Lipinski definition) is 2. The van der Waals surface area contributed by atoms with E-state index in [0.717, 1.165) is 23.4 Å². The van der Waals surface area contributed by atoms with Crippen molar-refractivity contribution in [3.63, 3.8) is 0 Å². The van der Waals surface area contributed by atoms with Gasteiger partial charge in [-0.05, 0) is 36.8 Å². The molecule has 0 spiro atoms. The summed E-state index contributed by atoms with van der Waals surface area (Å²) in [6.07, 6.45) is -4.44. The van der Waals surface area contributed by atoms with Gasteiger partial charge in [-0.15, -0.1) is 0 Å². The lowest BCUT2D eigenvalue weighted by Gasteiger charge is -2.10. The minimum Gasteiger partial charge on any atom is -0.348 e. The summed E-state index contributed by atoms with van der Waals surface area (Å²) < 4.78 is 40.7. The molecule has 7 heteroatoms. The zero-order valence-electron chi connectivity index (χ0n) is 17.2. The molecule has 1 amide bonds. The van der Waals surface area contributed by atoms with Gasteiger partial charge in [0, 0.05) is 12.1 Å². The average Bonchev–Trinajstić information content (AvgIpc) is 3.15. The minimum absolute atomic E-state index is 0.0348. The van der Waals surface area contributed by atoms with Crippen molar-refractivity contribution in [1.29, 1.82) is 0 Å². The van der Waals surface area contributed by atoms with Crippen LogP contribution in [0.25, 0.3) is 16.9 Å². The molecule has 0 radical (unpaired) electrons. The highest BCUT2D eigenvalue weighted by molar-refractivity contribution is 6.01. The number of aromatic nitrogens is 2. The number of hydrogen-bond donors (Lipinski definition) is 1. The van der Waals surface area contributed by atoms with Crippen LogP contribution in [-0.2, 0) is 12.7 Å². The molecule has 0 aliphatic rings. The molecular formula is C25H20F3N3O. The maximum absolute atomic E-state index is 13.2. The van der Waals surface area contributed by atoms with E-state index in [1.165, 1.54) is 6.07 Å². The highest BCUT2D eigenvalue weighted by Gasteiger charge is 2.30. The minimum atomic E-state index is -4.44. The second-order valence-corrected chi connectivity index (χ2v) is 7.30. The van der Waals surface area contributed by atoms with Crippen molar-refractivity contribution in [2.24, 2.45) is 0 Å². The Bertz CT molecular complexity index is 1230. The Morgan fingerprint density at radius 2 is 1.59 bits per heavy atom. The van der Waals surface area contributed by atoms with Crippen LogP contribution in [0.3, 0.4) is 0 Å². The lowest BCUT2D eigenvalue weighted by atomic mass is 10.1. The highest BCUT2D eigenvalue weighted by atomic mass is 19.4. The third-order valence-corrected chi connectivity index (χ3v) is 5.10. The maximum Gasteiger partial charge on any atom is 0.416 e. The van der Waals surface area contributed by atoms with E-state index in [0.29, 0.717) is 22.5 Å². The first-order chi connectivity index (χ1) is 15.3. The summed E-state index contributed by atoms with van der Waals surface area (Å²) in [5, 5.41) is 7.43. The fraction of sp³-hybridized carbons (Fsp3) is 0.120. The van der Waals surface area contributed by atoms with E-state index >= 15 is 0 Å². The molecular weight excluding hydrogens is 415 g/mol. The fourth-order valence-corrected chi connectivity index (χ4v) is 3.52. The third-order valence-electron chi connectivity index (χ3n) is 5.10. The lowest BCUT2D eigenvalue weighted by Crippen LogP contribution is -2.24. The summed E-state index contributed by atoms with van der Waals surface area (Å²) in [6.45, 7) is 1.76. The molecule has 0 aliphatic carbocycles. The van der Waals surface area contributed by atoms with Crippen LogP contribution in [0.15, 0.2) is 84.9 Å². The van der Waals surface area contributed by atoms with Crippen LogP contribution in [0.1, 0.15) is 27.2 Å². The van der Waals surface area contributed by atoms with Gasteiger partial charge in [-0.25, -0.2) is 4.68 Å². The Morgan fingerprint density at radius 1 is 0.938 bits per heavy atom. The molecule has 0 bridgehead atoms. The molecule has 4 rings (SSSR count). The summed E-state index contributed by atoms with van der Waals surface area (Å²) in [5.41, 5.74) is 2.72. The van der Waals surface area contributed by atoms with Crippen molar-refractivity contribution in [2.75, 3.05) is 0 Å². The SMILES string of the molecule is Cc1c(C(=O)NCc2cccc(C(F)(F)F)c2)c(-c2ccccc2)nn1-c1ccccc1. The largest absolute Gasteiger partial charge is 0.416 e. The van der Waals surface area contributed by atoms with Crippen molar-refractivity contribution in [3.05, 3.63) is 107 Å². The Hall–Kier alpha value is -3.87. The molecule has 0 unspecified atom stereocenters. The molecule has 0 atom stereocenters. The topological polar surface area (TPSA) is 46.9 Å². The second-order valence-electron chi connectivity index (χ2n) is 7.30.